The maximum atomic E-state index is 12.5. The fraction of sp³-hybridized carbons (Fsp3) is 0.423. The Balaban J connectivity index is 1.89. The van der Waals surface area contributed by atoms with Crippen LogP contribution in [0.5, 0.6) is 23.0 Å². The minimum Gasteiger partial charge on any atom is -0.495 e. The van der Waals surface area contributed by atoms with Gasteiger partial charge in [-0.3, -0.25) is 4.79 Å². The molecular formula is C26H34N4O5. The Bertz CT molecular complexity index is 1070. The van der Waals surface area contributed by atoms with Crippen molar-refractivity contribution in [2.45, 2.75) is 26.2 Å². The number of unbranched alkanes of at least 4 members (excludes halogenated alkanes) is 1. The molecule has 1 aliphatic heterocycles. The van der Waals surface area contributed by atoms with Crippen molar-refractivity contribution in [3.8, 4) is 23.0 Å². The number of methoxy groups -OCH3 is 4. The van der Waals surface area contributed by atoms with Gasteiger partial charge in [-0.15, -0.1) is 0 Å². The monoisotopic (exact) mass is 482 g/mol. The molecule has 0 spiro atoms. The fourth-order valence-corrected chi connectivity index (χ4v) is 3.82. The van der Waals surface area contributed by atoms with Crippen LogP contribution in [0.2, 0.25) is 0 Å². The van der Waals surface area contributed by atoms with Gasteiger partial charge in [-0.25, -0.2) is 0 Å². The van der Waals surface area contributed by atoms with Crippen LogP contribution in [0.15, 0.2) is 40.6 Å². The standard InChI is InChI=1S/C26H34N4O5/c1-6-7-11-27-12-10-24(31)29-20-13-17(8-9-21(20)32-2)19-16-28-30-25(19)18-14-22(33-3)26(35-5)23(15-18)34-4/h8-9,13-15,27H,6-7,10-12,16H2,1-5H3,(H,29,31). The lowest BCUT2D eigenvalue weighted by atomic mass is 9.99. The Morgan fingerprint density at radius 1 is 0.914 bits per heavy atom. The Labute approximate surface area is 206 Å². The normalized spacial score (nSPS) is 12.6. The van der Waals surface area contributed by atoms with E-state index in [-0.39, 0.29) is 5.91 Å². The van der Waals surface area contributed by atoms with E-state index < -0.39 is 0 Å². The molecule has 1 heterocycles. The quantitative estimate of drug-likeness (QED) is 0.399. The third-order valence-electron chi connectivity index (χ3n) is 5.68. The molecule has 2 aromatic rings. The SMILES string of the molecule is CCCCNCCC(=O)Nc1cc(C2=C(c3cc(OC)c(OC)c(OC)c3)N=NC2)ccc1OC. The molecule has 0 bridgehead atoms. The molecule has 188 valence electrons. The molecule has 2 N–H and O–H groups in total. The van der Waals surface area contributed by atoms with E-state index in [1.165, 1.54) is 0 Å². The molecule has 0 unspecified atom stereocenters. The van der Waals surface area contributed by atoms with E-state index in [9.17, 15) is 4.79 Å². The smallest absolute Gasteiger partial charge is 0.225 e. The molecule has 0 aromatic heterocycles. The van der Waals surface area contributed by atoms with Gasteiger partial charge in [0.1, 0.15) is 5.75 Å². The molecule has 0 atom stereocenters. The van der Waals surface area contributed by atoms with Gasteiger partial charge in [-0.1, -0.05) is 19.4 Å². The third kappa shape index (κ3) is 6.30. The predicted molar refractivity (Wildman–Crippen MR) is 137 cm³/mol. The third-order valence-corrected chi connectivity index (χ3v) is 5.68. The van der Waals surface area contributed by atoms with Crippen LogP contribution in [-0.2, 0) is 4.79 Å². The van der Waals surface area contributed by atoms with Crippen molar-refractivity contribution in [2.24, 2.45) is 10.2 Å². The summed E-state index contributed by atoms with van der Waals surface area (Å²) in [7, 11) is 6.29. The zero-order chi connectivity index (χ0) is 25.2. The molecule has 0 fully saturated rings. The van der Waals surface area contributed by atoms with Crippen LogP contribution >= 0.6 is 0 Å². The number of amides is 1. The summed E-state index contributed by atoms with van der Waals surface area (Å²) in [4.78, 5) is 12.5. The van der Waals surface area contributed by atoms with Gasteiger partial charge in [0.05, 0.1) is 46.4 Å². The lowest BCUT2D eigenvalue weighted by molar-refractivity contribution is -0.116. The van der Waals surface area contributed by atoms with Gasteiger partial charge in [0, 0.05) is 24.1 Å². The number of hydrogen-bond donors (Lipinski definition) is 2. The van der Waals surface area contributed by atoms with Crippen LogP contribution in [0.3, 0.4) is 0 Å². The largest absolute Gasteiger partial charge is 0.495 e. The number of nitrogens with zero attached hydrogens (tertiary/aromatic N) is 2. The summed E-state index contributed by atoms with van der Waals surface area (Å²) in [6.45, 7) is 4.09. The molecule has 1 aliphatic rings. The zero-order valence-corrected chi connectivity index (χ0v) is 21.1. The van der Waals surface area contributed by atoms with Gasteiger partial charge in [0.15, 0.2) is 11.5 Å². The van der Waals surface area contributed by atoms with Crippen molar-refractivity contribution in [3.63, 3.8) is 0 Å². The van der Waals surface area contributed by atoms with Crippen LogP contribution in [0.25, 0.3) is 11.3 Å². The number of carbonyl (C=O) groups is 1. The molecule has 1 amide bonds. The van der Waals surface area contributed by atoms with Crippen molar-refractivity contribution in [1.82, 2.24) is 5.32 Å². The van der Waals surface area contributed by atoms with Crippen LogP contribution in [0.4, 0.5) is 5.69 Å². The minimum absolute atomic E-state index is 0.0796. The van der Waals surface area contributed by atoms with Crippen molar-refractivity contribution < 1.29 is 23.7 Å². The Kier molecular flexibility index (Phi) is 9.48. The zero-order valence-electron chi connectivity index (χ0n) is 21.1. The molecule has 9 heteroatoms. The molecule has 0 aliphatic carbocycles. The highest BCUT2D eigenvalue weighted by Crippen LogP contribution is 2.43. The van der Waals surface area contributed by atoms with Gasteiger partial charge >= 0.3 is 0 Å². The first-order valence-corrected chi connectivity index (χ1v) is 11.7. The topological polar surface area (TPSA) is 103 Å². The van der Waals surface area contributed by atoms with E-state index >= 15 is 0 Å². The number of benzene rings is 2. The van der Waals surface area contributed by atoms with E-state index in [2.05, 4.69) is 27.8 Å². The Morgan fingerprint density at radius 3 is 2.26 bits per heavy atom. The molecule has 0 saturated heterocycles. The van der Waals surface area contributed by atoms with Gasteiger partial charge in [0.25, 0.3) is 0 Å². The summed E-state index contributed by atoms with van der Waals surface area (Å²) in [5.41, 5.74) is 3.89. The highest BCUT2D eigenvalue weighted by atomic mass is 16.5. The maximum absolute atomic E-state index is 12.5. The summed E-state index contributed by atoms with van der Waals surface area (Å²) in [5, 5.41) is 14.9. The summed E-state index contributed by atoms with van der Waals surface area (Å²) in [5.74, 6) is 2.08. The maximum Gasteiger partial charge on any atom is 0.225 e. The number of ether oxygens (including phenoxy) is 4. The van der Waals surface area contributed by atoms with Gasteiger partial charge in [-0.05, 0) is 42.8 Å². The van der Waals surface area contributed by atoms with Crippen molar-refractivity contribution in [2.75, 3.05) is 53.4 Å². The molecular weight excluding hydrogens is 448 g/mol. The van der Waals surface area contributed by atoms with Crippen molar-refractivity contribution >= 4 is 22.9 Å². The van der Waals surface area contributed by atoms with Gasteiger partial charge < -0.3 is 29.6 Å². The first kappa shape index (κ1) is 26.0. The lowest BCUT2D eigenvalue weighted by Gasteiger charge is -2.15. The average Bonchev–Trinajstić information content (AvgIpc) is 3.37. The first-order chi connectivity index (χ1) is 17.1. The van der Waals surface area contributed by atoms with Crippen LogP contribution in [0.1, 0.15) is 37.3 Å². The van der Waals surface area contributed by atoms with Gasteiger partial charge in [-0.2, -0.15) is 10.2 Å². The van der Waals surface area contributed by atoms with E-state index in [1.54, 1.807) is 28.4 Å². The second kappa shape index (κ2) is 12.8. The summed E-state index contributed by atoms with van der Waals surface area (Å²) in [6.07, 6.45) is 2.59. The van der Waals surface area contributed by atoms with Crippen LogP contribution in [0, 0.1) is 0 Å². The molecule has 0 radical (unpaired) electrons. The van der Waals surface area contributed by atoms with Crippen molar-refractivity contribution in [1.29, 1.82) is 0 Å². The molecule has 2 aromatic carbocycles. The Morgan fingerprint density at radius 2 is 1.63 bits per heavy atom. The number of carbonyl (C=O) groups excluding carboxylic acids is 1. The lowest BCUT2D eigenvalue weighted by Crippen LogP contribution is -2.22. The number of hydrogen-bond acceptors (Lipinski definition) is 8. The highest BCUT2D eigenvalue weighted by Gasteiger charge is 2.22. The number of rotatable bonds is 13. The van der Waals surface area contributed by atoms with Gasteiger partial charge in [0.2, 0.25) is 11.7 Å². The molecule has 35 heavy (non-hydrogen) atoms. The van der Waals surface area contributed by atoms with E-state index in [0.29, 0.717) is 53.9 Å². The minimum atomic E-state index is -0.0796. The number of anilines is 1. The summed E-state index contributed by atoms with van der Waals surface area (Å²) in [6, 6.07) is 9.36. The predicted octanol–water partition coefficient (Wildman–Crippen LogP) is 4.77. The average molecular weight is 483 g/mol. The molecule has 3 rings (SSSR count). The first-order valence-electron chi connectivity index (χ1n) is 11.7. The molecule has 9 nitrogen and oxygen atoms in total. The number of nitrogens with one attached hydrogen (secondary N) is 2. The van der Waals surface area contributed by atoms with E-state index in [4.69, 9.17) is 18.9 Å². The fourth-order valence-electron chi connectivity index (χ4n) is 3.82. The molecule has 0 saturated carbocycles. The van der Waals surface area contributed by atoms with E-state index in [1.807, 2.05) is 30.3 Å². The summed E-state index contributed by atoms with van der Waals surface area (Å²) >= 11 is 0. The number of azo groups is 1. The van der Waals surface area contributed by atoms with Crippen LogP contribution < -0.4 is 29.6 Å². The Hall–Kier alpha value is -3.59. The highest BCUT2D eigenvalue weighted by molar-refractivity contribution is 5.96. The van der Waals surface area contributed by atoms with Crippen molar-refractivity contribution in [3.05, 3.63) is 41.5 Å². The van der Waals surface area contributed by atoms with E-state index in [0.717, 1.165) is 36.1 Å². The summed E-state index contributed by atoms with van der Waals surface area (Å²) < 4.78 is 21.9. The second-order valence-corrected chi connectivity index (χ2v) is 7.96. The second-order valence-electron chi connectivity index (χ2n) is 7.96. The van der Waals surface area contributed by atoms with Crippen LogP contribution in [-0.4, -0.2) is 54.0 Å².